The molecule has 0 aliphatic carbocycles. The Labute approximate surface area is 202 Å². The van der Waals surface area contributed by atoms with Gasteiger partial charge in [0.2, 0.25) is 0 Å². The van der Waals surface area contributed by atoms with Crippen LogP contribution in [0.25, 0.3) is 22.3 Å². The van der Waals surface area contributed by atoms with Crippen LogP contribution in [0.5, 0.6) is 0 Å². The van der Waals surface area contributed by atoms with Crippen LogP contribution < -0.4 is 9.80 Å². The van der Waals surface area contributed by atoms with Gasteiger partial charge in [0.1, 0.15) is 11.4 Å². The molecule has 180 valence electrons. The van der Waals surface area contributed by atoms with Crippen LogP contribution in [0, 0.1) is 12.7 Å². The van der Waals surface area contributed by atoms with Crippen LogP contribution >= 0.6 is 0 Å². The Hall–Kier alpha value is -3.28. The highest BCUT2D eigenvalue weighted by atomic mass is 19.1. The van der Waals surface area contributed by atoms with Gasteiger partial charge in [-0.1, -0.05) is 25.6 Å². The van der Waals surface area contributed by atoms with Crippen molar-refractivity contribution >= 4 is 11.5 Å². The number of hydrogen-bond acceptors (Lipinski definition) is 4. The van der Waals surface area contributed by atoms with Crippen LogP contribution in [0.4, 0.5) is 20.3 Å². The van der Waals surface area contributed by atoms with E-state index in [0.29, 0.717) is 11.1 Å². The molecule has 0 bridgehead atoms. The van der Waals surface area contributed by atoms with Gasteiger partial charge < -0.3 is 9.80 Å². The second kappa shape index (κ2) is 10.3. The zero-order valence-electron chi connectivity index (χ0n) is 21.0. The van der Waals surface area contributed by atoms with Crippen molar-refractivity contribution in [2.24, 2.45) is 0 Å². The van der Waals surface area contributed by atoms with Crippen LogP contribution in [0.2, 0.25) is 0 Å². The van der Waals surface area contributed by atoms with E-state index in [1.807, 2.05) is 43.3 Å². The third-order valence-electron chi connectivity index (χ3n) is 5.98. The van der Waals surface area contributed by atoms with E-state index in [2.05, 4.69) is 36.4 Å². The van der Waals surface area contributed by atoms with Gasteiger partial charge in [0.25, 0.3) is 0 Å². The molecule has 1 aromatic carbocycles. The van der Waals surface area contributed by atoms with Crippen LogP contribution in [0.1, 0.15) is 45.4 Å². The normalized spacial score (nSPS) is 11.4. The highest BCUT2D eigenvalue weighted by molar-refractivity contribution is 5.80. The van der Waals surface area contributed by atoms with E-state index in [4.69, 9.17) is 4.98 Å². The first-order chi connectivity index (χ1) is 16.1. The lowest BCUT2D eigenvalue weighted by atomic mass is 9.94. The minimum atomic E-state index is -1.87. The maximum Gasteiger partial charge on any atom is 0.155 e. The molecule has 2 heterocycles. The molecule has 0 radical (unpaired) electrons. The summed E-state index contributed by atoms with van der Waals surface area (Å²) in [6, 6.07) is 9.47. The topological polar surface area (TPSA) is 32.3 Å². The number of nitrogens with zero attached hydrogens (tertiary/aromatic N) is 4. The summed E-state index contributed by atoms with van der Waals surface area (Å²) in [5, 5.41) is 0. The fourth-order valence-corrected chi connectivity index (χ4v) is 4.08. The lowest BCUT2D eigenvalue weighted by Crippen LogP contribution is -2.26. The standard InChI is InChI=1S/C28H34F2N4/c1-8-15-34(10-3)24-17-21(18-32-27(24)33(7)9-2)23-16-20(12-11-19(23)4)22-13-14-31-26(25(22)29)28(5,6)30/h9,11-14,16-18H,2,8,10,15H2,1,3-7H3. The molecule has 2 aromatic heterocycles. The summed E-state index contributed by atoms with van der Waals surface area (Å²) < 4.78 is 29.7. The molecule has 3 rings (SSSR count). The SMILES string of the molecule is C=CN(C)c1ncc(-c2cc(-c3ccnc(C(C)(C)F)c3F)ccc2C)cc1N(CC)CCC. The molecule has 0 saturated heterocycles. The van der Waals surface area contributed by atoms with Gasteiger partial charge in [0.15, 0.2) is 11.6 Å². The third kappa shape index (κ3) is 5.11. The summed E-state index contributed by atoms with van der Waals surface area (Å²) in [6.07, 6.45) is 6.05. The maximum absolute atomic E-state index is 15.2. The lowest BCUT2D eigenvalue weighted by Gasteiger charge is -2.28. The van der Waals surface area contributed by atoms with Crippen molar-refractivity contribution in [2.45, 2.75) is 46.7 Å². The summed E-state index contributed by atoms with van der Waals surface area (Å²) in [4.78, 5) is 12.9. The molecule has 0 N–H and O–H groups in total. The van der Waals surface area contributed by atoms with Gasteiger partial charge in [0, 0.05) is 43.7 Å². The second-order valence-corrected chi connectivity index (χ2v) is 8.96. The number of alkyl halides is 1. The molecule has 0 spiro atoms. The smallest absolute Gasteiger partial charge is 0.155 e. The Kier molecular flexibility index (Phi) is 7.70. The largest absolute Gasteiger partial charge is 0.369 e. The van der Waals surface area contributed by atoms with E-state index in [0.717, 1.165) is 47.7 Å². The van der Waals surface area contributed by atoms with Gasteiger partial charge >= 0.3 is 0 Å². The van der Waals surface area contributed by atoms with Gasteiger partial charge in [-0.2, -0.15) is 0 Å². The molecule has 4 nitrogen and oxygen atoms in total. The van der Waals surface area contributed by atoms with Gasteiger partial charge in [-0.25, -0.2) is 13.8 Å². The number of pyridine rings is 2. The first-order valence-electron chi connectivity index (χ1n) is 11.7. The lowest BCUT2D eigenvalue weighted by molar-refractivity contribution is 0.206. The van der Waals surface area contributed by atoms with Gasteiger partial charge in [0.05, 0.1) is 5.69 Å². The maximum atomic E-state index is 15.2. The molecule has 0 aliphatic heterocycles. The Morgan fingerprint density at radius 3 is 2.41 bits per heavy atom. The molecule has 0 aliphatic rings. The van der Waals surface area contributed by atoms with Gasteiger partial charge in [-0.3, -0.25) is 4.98 Å². The Morgan fingerprint density at radius 1 is 1.06 bits per heavy atom. The monoisotopic (exact) mass is 464 g/mol. The molecule has 3 aromatic rings. The van der Waals surface area contributed by atoms with Crippen molar-refractivity contribution in [3.63, 3.8) is 0 Å². The summed E-state index contributed by atoms with van der Waals surface area (Å²) >= 11 is 0. The van der Waals surface area contributed by atoms with Crippen molar-refractivity contribution in [3.05, 3.63) is 72.6 Å². The van der Waals surface area contributed by atoms with Crippen LogP contribution in [0.3, 0.4) is 0 Å². The number of aryl methyl sites for hydroxylation is 1. The predicted octanol–water partition coefficient (Wildman–Crippen LogP) is 7.28. The van der Waals surface area contributed by atoms with Crippen molar-refractivity contribution < 1.29 is 8.78 Å². The van der Waals surface area contributed by atoms with Crippen molar-refractivity contribution in [3.8, 4) is 22.3 Å². The number of rotatable bonds is 9. The molecular formula is C28H34F2N4. The molecule has 0 amide bonds. The van der Waals surface area contributed by atoms with E-state index in [9.17, 15) is 4.39 Å². The minimum Gasteiger partial charge on any atom is -0.369 e. The fraction of sp³-hybridized carbons (Fsp3) is 0.357. The zero-order valence-corrected chi connectivity index (χ0v) is 21.0. The Morgan fingerprint density at radius 2 is 1.79 bits per heavy atom. The second-order valence-electron chi connectivity index (χ2n) is 8.96. The number of anilines is 2. The fourth-order valence-electron chi connectivity index (χ4n) is 4.08. The predicted molar refractivity (Wildman–Crippen MR) is 139 cm³/mol. The van der Waals surface area contributed by atoms with E-state index in [1.54, 1.807) is 12.3 Å². The minimum absolute atomic E-state index is 0.189. The van der Waals surface area contributed by atoms with Crippen LogP contribution in [-0.2, 0) is 5.67 Å². The van der Waals surface area contributed by atoms with Crippen molar-refractivity contribution in [1.29, 1.82) is 0 Å². The zero-order chi connectivity index (χ0) is 25.0. The van der Waals surface area contributed by atoms with E-state index >= 15 is 4.39 Å². The average molecular weight is 465 g/mol. The quantitative estimate of drug-likeness (QED) is 0.333. The number of hydrogen-bond donors (Lipinski definition) is 0. The van der Waals surface area contributed by atoms with E-state index in [1.165, 1.54) is 20.0 Å². The number of benzene rings is 1. The Bertz CT molecular complexity index is 1170. The van der Waals surface area contributed by atoms with E-state index < -0.39 is 11.5 Å². The molecular weight excluding hydrogens is 430 g/mol. The number of halogens is 2. The highest BCUT2D eigenvalue weighted by Gasteiger charge is 2.27. The van der Waals surface area contributed by atoms with Crippen molar-refractivity contribution in [2.75, 3.05) is 29.9 Å². The summed E-state index contributed by atoms with van der Waals surface area (Å²) in [6.45, 7) is 14.6. The first-order valence-corrected chi connectivity index (χ1v) is 11.7. The summed E-state index contributed by atoms with van der Waals surface area (Å²) in [5.74, 6) is 0.199. The summed E-state index contributed by atoms with van der Waals surface area (Å²) in [7, 11) is 1.93. The molecule has 6 heteroatoms. The molecule has 0 unspecified atom stereocenters. The van der Waals surface area contributed by atoms with E-state index in [-0.39, 0.29) is 5.69 Å². The molecule has 0 fully saturated rings. The van der Waals surface area contributed by atoms with Crippen LogP contribution in [0.15, 0.2) is 55.5 Å². The first kappa shape index (κ1) is 25.3. The van der Waals surface area contributed by atoms with Gasteiger partial charge in [-0.05, 0) is 75.2 Å². The molecule has 0 atom stereocenters. The average Bonchev–Trinajstić information content (AvgIpc) is 2.81. The Balaban J connectivity index is 2.17. The van der Waals surface area contributed by atoms with Gasteiger partial charge in [-0.15, -0.1) is 0 Å². The highest BCUT2D eigenvalue weighted by Crippen LogP contribution is 2.37. The van der Waals surface area contributed by atoms with Crippen molar-refractivity contribution in [1.82, 2.24) is 9.97 Å². The number of aromatic nitrogens is 2. The molecule has 34 heavy (non-hydrogen) atoms. The third-order valence-corrected chi connectivity index (χ3v) is 5.98. The summed E-state index contributed by atoms with van der Waals surface area (Å²) in [5.41, 5.74) is 2.88. The van der Waals surface area contributed by atoms with Crippen LogP contribution in [-0.4, -0.2) is 30.1 Å². The molecule has 0 saturated carbocycles.